The number of alkyl halides is 2. The third-order valence-electron chi connectivity index (χ3n) is 1.25. The molecule has 0 aliphatic rings. The zero-order valence-electron chi connectivity index (χ0n) is 6.67. The first kappa shape index (κ1) is 13.0. The summed E-state index contributed by atoms with van der Waals surface area (Å²) >= 11 is 16.5. The molecule has 0 aliphatic heterocycles. The van der Waals surface area contributed by atoms with Gasteiger partial charge in [0.25, 0.3) is 0 Å². The van der Waals surface area contributed by atoms with Crippen LogP contribution in [-0.2, 0) is 9.09 Å². The van der Waals surface area contributed by atoms with Gasteiger partial charge in [-0.3, -0.25) is 4.57 Å². The summed E-state index contributed by atoms with van der Waals surface area (Å²) in [5.74, 6) is 0.688. The summed E-state index contributed by atoms with van der Waals surface area (Å²) in [6, 6.07) is 0. The Bertz CT molecular complexity index is 163. The third-order valence-corrected chi connectivity index (χ3v) is 4.17. The van der Waals surface area contributed by atoms with Crippen molar-refractivity contribution in [1.82, 2.24) is 4.67 Å². The predicted molar refractivity (Wildman–Crippen MR) is 53.5 cm³/mol. The molecule has 0 bridgehead atoms. The smallest absolute Gasteiger partial charge is 0.309 e. The molecule has 74 valence electrons. The van der Waals surface area contributed by atoms with Crippen molar-refractivity contribution in [3.05, 3.63) is 0 Å². The minimum atomic E-state index is -3.18. The highest BCUT2D eigenvalue weighted by atomic mass is 35.7. The maximum absolute atomic E-state index is 11.4. The van der Waals surface area contributed by atoms with Gasteiger partial charge in [-0.2, -0.15) is 0 Å². The van der Waals surface area contributed by atoms with Gasteiger partial charge in [-0.25, -0.2) is 4.67 Å². The Labute approximate surface area is 87.2 Å². The second kappa shape index (κ2) is 6.47. The Kier molecular flexibility index (Phi) is 7.02. The van der Waals surface area contributed by atoms with Gasteiger partial charge in [-0.05, 0) is 11.2 Å². The van der Waals surface area contributed by atoms with Gasteiger partial charge in [-0.1, -0.05) is 0 Å². The summed E-state index contributed by atoms with van der Waals surface area (Å²) in [6.45, 7) is -2.37. The normalized spacial score (nSPS) is 16.4. The van der Waals surface area contributed by atoms with Gasteiger partial charge in [0.1, 0.15) is 0 Å². The fourth-order valence-corrected chi connectivity index (χ4v) is 2.67. The number of hydrogen-bond donors (Lipinski definition) is 0. The van der Waals surface area contributed by atoms with Crippen molar-refractivity contribution >= 4 is 41.3 Å². The van der Waals surface area contributed by atoms with Gasteiger partial charge in [0, 0.05) is 32.0 Å². The van der Waals surface area contributed by atoms with Crippen LogP contribution in [0.1, 0.15) is 0 Å². The summed E-state index contributed by atoms with van der Waals surface area (Å²) in [7, 11) is 1.29. The van der Waals surface area contributed by atoms with Crippen molar-refractivity contribution < 1.29 is 9.09 Å². The average Bonchev–Trinajstić information content (AvgIpc) is 2.04. The molecule has 1 unspecified atom stereocenters. The van der Waals surface area contributed by atoms with Crippen LogP contribution in [0.4, 0.5) is 0 Å². The van der Waals surface area contributed by atoms with E-state index < -0.39 is 6.87 Å². The predicted octanol–water partition coefficient (Wildman–Crippen LogP) is 2.76. The minimum Gasteiger partial charge on any atom is -0.309 e. The molecule has 0 radical (unpaired) electrons. The molecule has 0 N–H and O–H groups in total. The van der Waals surface area contributed by atoms with Gasteiger partial charge in [0.05, 0.1) is 0 Å². The van der Waals surface area contributed by atoms with Crippen LogP contribution in [-0.4, -0.2) is 36.6 Å². The monoisotopic (exact) mass is 253 g/mol. The Morgan fingerprint density at radius 1 is 1.33 bits per heavy atom. The lowest BCUT2D eigenvalue weighted by atomic mass is 10.7. The number of rotatable bonds is 6. The van der Waals surface area contributed by atoms with Crippen LogP contribution in [0.3, 0.4) is 0 Å². The molecule has 0 aromatic carbocycles. The minimum absolute atomic E-state index is 0.344. The molecule has 0 saturated carbocycles. The first-order valence-electron chi connectivity index (χ1n) is 3.31. The molecule has 7 heteroatoms. The molecule has 3 nitrogen and oxygen atoms in total. The van der Waals surface area contributed by atoms with Crippen LogP contribution in [0.5, 0.6) is 0 Å². The maximum Gasteiger partial charge on any atom is 0.362 e. The first-order chi connectivity index (χ1) is 5.58. The molecular weight excluding hydrogens is 243 g/mol. The first-order valence-corrected chi connectivity index (χ1v) is 6.86. The summed E-state index contributed by atoms with van der Waals surface area (Å²) in [5, 5.41) is 0. The quantitative estimate of drug-likeness (QED) is 0.539. The van der Waals surface area contributed by atoms with Crippen LogP contribution in [0.25, 0.3) is 0 Å². The molecule has 0 rings (SSSR count). The van der Waals surface area contributed by atoms with Crippen LogP contribution in [0, 0.1) is 0 Å². The molecule has 0 aliphatic carbocycles. The van der Waals surface area contributed by atoms with Gasteiger partial charge in [0.2, 0.25) is 0 Å². The highest BCUT2D eigenvalue weighted by Gasteiger charge is 2.26. The molecule has 0 fully saturated rings. The van der Waals surface area contributed by atoms with Gasteiger partial charge < -0.3 is 4.52 Å². The number of hydrogen-bond acceptors (Lipinski definition) is 2. The molecule has 0 aromatic rings. The van der Waals surface area contributed by atoms with Crippen LogP contribution < -0.4 is 0 Å². The Morgan fingerprint density at radius 2 is 1.75 bits per heavy atom. The van der Waals surface area contributed by atoms with Gasteiger partial charge >= 0.3 is 6.87 Å². The second-order valence-corrected chi connectivity index (χ2v) is 5.84. The second-order valence-electron chi connectivity index (χ2n) is 1.97. The van der Waals surface area contributed by atoms with Crippen LogP contribution in [0.15, 0.2) is 0 Å². The topological polar surface area (TPSA) is 29.5 Å². The van der Waals surface area contributed by atoms with Crippen molar-refractivity contribution in [3.8, 4) is 0 Å². The van der Waals surface area contributed by atoms with Crippen molar-refractivity contribution in [2.45, 2.75) is 0 Å². The molecule has 1 atom stereocenters. The average molecular weight is 254 g/mol. The third kappa shape index (κ3) is 4.31. The zero-order chi connectivity index (χ0) is 9.61. The summed E-state index contributed by atoms with van der Waals surface area (Å²) in [5.41, 5.74) is 0. The lowest BCUT2D eigenvalue weighted by molar-refractivity contribution is 0.334. The van der Waals surface area contributed by atoms with Crippen molar-refractivity contribution in [2.24, 2.45) is 0 Å². The van der Waals surface area contributed by atoms with Crippen LogP contribution >= 0.6 is 41.3 Å². The molecule has 0 aromatic heterocycles. The van der Waals surface area contributed by atoms with E-state index in [2.05, 4.69) is 4.52 Å². The Balaban J connectivity index is 4.17. The van der Waals surface area contributed by atoms with Crippen molar-refractivity contribution in [2.75, 3.05) is 32.0 Å². The van der Waals surface area contributed by atoms with E-state index in [9.17, 15) is 4.57 Å². The molecular formula is C5H11Cl3NO2P. The largest absolute Gasteiger partial charge is 0.362 e. The van der Waals surface area contributed by atoms with E-state index >= 15 is 0 Å². The fourth-order valence-electron chi connectivity index (χ4n) is 0.661. The highest BCUT2D eigenvalue weighted by Crippen LogP contribution is 2.54. The van der Waals surface area contributed by atoms with Crippen molar-refractivity contribution in [3.63, 3.8) is 0 Å². The molecule has 12 heavy (non-hydrogen) atoms. The molecule has 0 amide bonds. The van der Waals surface area contributed by atoms with E-state index in [0.717, 1.165) is 0 Å². The number of halogens is 3. The Morgan fingerprint density at radius 3 is 2.00 bits per heavy atom. The highest BCUT2D eigenvalue weighted by molar-refractivity contribution is 7.83. The standard InChI is InChI=1S/C5H11Cl3NO2P/c1-11-12(8,10)9(4-2-6)5-3-7/h2-5H2,1H3. The van der Waals surface area contributed by atoms with E-state index in [1.54, 1.807) is 0 Å². The fraction of sp³-hybridized carbons (Fsp3) is 1.00. The summed E-state index contributed by atoms with van der Waals surface area (Å²) in [4.78, 5) is 0. The van der Waals surface area contributed by atoms with Crippen molar-refractivity contribution in [1.29, 1.82) is 0 Å². The van der Waals surface area contributed by atoms with E-state index in [0.29, 0.717) is 24.8 Å². The zero-order valence-corrected chi connectivity index (χ0v) is 9.84. The van der Waals surface area contributed by atoms with E-state index in [1.165, 1.54) is 11.8 Å². The Hall–Kier alpha value is 1.02. The number of nitrogens with zero attached hydrogens (tertiary/aromatic N) is 1. The molecule has 0 heterocycles. The molecule has 0 saturated heterocycles. The SMILES string of the molecule is COP(=O)(Cl)N(CCCl)CCCl. The van der Waals surface area contributed by atoms with E-state index in [4.69, 9.17) is 34.4 Å². The lowest BCUT2D eigenvalue weighted by Gasteiger charge is -2.23. The van der Waals surface area contributed by atoms with E-state index in [1.807, 2.05) is 0 Å². The lowest BCUT2D eigenvalue weighted by Crippen LogP contribution is -2.23. The van der Waals surface area contributed by atoms with Crippen LogP contribution in [0.2, 0.25) is 0 Å². The summed E-state index contributed by atoms with van der Waals surface area (Å²) in [6.07, 6.45) is 0. The van der Waals surface area contributed by atoms with Gasteiger partial charge in [0.15, 0.2) is 0 Å². The molecule has 0 spiro atoms. The van der Waals surface area contributed by atoms with Gasteiger partial charge in [-0.15, -0.1) is 23.2 Å². The summed E-state index contributed by atoms with van der Waals surface area (Å²) < 4.78 is 17.5. The maximum atomic E-state index is 11.4. The van der Waals surface area contributed by atoms with E-state index in [-0.39, 0.29) is 0 Å².